The molecule has 0 saturated carbocycles. The first-order valence-electron chi connectivity index (χ1n) is 4.98. The fourth-order valence-corrected chi connectivity index (χ4v) is 2.65. The van der Waals surface area contributed by atoms with E-state index in [0.29, 0.717) is 0 Å². The van der Waals surface area contributed by atoms with Crippen molar-refractivity contribution in [3.8, 4) is 0 Å². The van der Waals surface area contributed by atoms with E-state index < -0.39 is 14.8 Å². The Kier molecular flexibility index (Phi) is 3.12. The molecule has 2 aromatic rings. The minimum atomic E-state index is -3.66. The quantitative estimate of drug-likeness (QED) is 0.627. The predicted octanol–water partition coefficient (Wildman–Crippen LogP) is 2.23. The number of rotatable bonds is 3. The SMILES string of the molecule is O=[N+]([O-])c1ccc(S(=O)(=O)c2[c]cccc2)cc1. The van der Waals surface area contributed by atoms with Crippen LogP contribution in [0.25, 0.3) is 0 Å². The van der Waals surface area contributed by atoms with Gasteiger partial charge in [0.05, 0.1) is 14.7 Å². The molecular weight excluding hydrogens is 254 g/mol. The molecule has 0 saturated heterocycles. The first-order chi connectivity index (χ1) is 8.51. The Hall–Kier alpha value is -2.21. The number of nitro groups is 1. The number of sulfone groups is 1. The van der Waals surface area contributed by atoms with Crippen LogP contribution in [0.5, 0.6) is 0 Å². The molecular formula is C12H8NO4S. The summed E-state index contributed by atoms with van der Waals surface area (Å²) >= 11 is 0. The van der Waals surface area contributed by atoms with E-state index >= 15 is 0 Å². The van der Waals surface area contributed by atoms with E-state index in [1.807, 2.05) is 0 Å². The van der Waals surface area contributed by atoms with Crippen LogP contribution in [-0.4, -0.2) is 13.3 Å². The topological polar surface area (TPSA) is 77.3 Å². The number of hydrogen-bond donors (Lipinski definition) is 0. The second-order valence-electron chi connectivity index (χ2n) is 3.48. The third-order valence-corrected chi connectivity index (χ3v) is 4.05. The molecule has 6 heteroatoms. The highest BCUT2D eigenvalue weighted by Crippen LogP contribution is 2.22. The van der Waals surface area contributed by atoms with Gasteiger partial charge in [-0.3, -0.25) is 10.1 Å². The number of nitro benzene ring substituents is 1. The van der Waals surface area contributed by atoms with E-state index in [0.717, 1.165) is 12.1 Å². The lowest BCUT2D eigenvalue weighted by Crippen LogP contribution is -2.02. The Morgan fingerprint density at radius 3 is 2.22 bits per heavy atom. The van der Waals surface area contributed by atoms with Crippen molar-refractivity contribution in [3.05, 3.63) is 64.7 Å². The summed E-state index contributed by atoms with van der Waals surface area (Å²) < 4.78 is 24.2. The summed E-state index contributed by atoms with van der Waals surface area (Å²) in [5, 5.41) is 10.5. The standard InChI is InChI=1S/C12H8NO4S/c14-13(15)10-6-8-12(9-7-10)18(16,17)11-4-2-1-3-5-11/h1-4,6-9H. The Morgan fingerprint density at radius 1 is 1.06 bits per heavy atom. The summed E-state index contributed by atoms with van der Waals surface area (Å²) in [6.07, 6.45) is 0. The van der Waals surface area contributed by atoms with Crippen molar-refractivity contribution < 1.29 is 13.3 Å². The van der Waals surface area contributed by atoms with Crippen LogP contribution in [0.1, 0.15) is 0 Å². The van der Waals surface area contributed by atoms with Crippen molar-refractivity contribution in [3.63, 3.8) is 0 Å². The highest BCUT2D eigenvalue weighted by atomic mass is 32.2. The molecule has 0 heterocycles. The summed E-state index contributed by atoms with van der Waals surface area (Å²) in [4.78, 5) is 9.95. The molecule has 2 aromatic carbocycles. The Labute approximate surface area is 104 Å². The van der Waals surface area contributed by atoms with Gasteiger partial charge in [0, 0.05) is 18.2 Å². The number of benzene rings is 2. The highest BCUT2D eigenvalue weighted by Gasteiger charge is 2.18. The summed E-state index contributed by atoms with van der Waals surface area (Å²) in [6, 6.07) is 13.6. The van der Waals surface area contributed by atoms with Gasteiger partial charge in [0.15, 0.2) is 0 Å². The van der Waals surface area contributed by atoms with Crippen LogP contribution < -0.4 is 0 Å². The van der Waals surface area contributed by atoms with Crippen molar-refractivity contribution in [2.45, 2.75) is 9.79 Å². The molecule has 0 aliphatic rings. The molecule has 91 valence electrons. The zero-order valence-electron chi connectivity index (χ0n) is 9.11. The minimum Gasteiger partial charge on any atom is -0.258 e. The number of non-ortho nitro benzene ring substituents is 1. The van der Waals surface area contributed by atoms with Gasteiger partial charge in [-0.2, -0.15) is 0 Å². The van der Waals surface area contributed by atoms with Crippen LogP contribution in [0.4, 0.5) is 5.69 Å². The minimum absolute atomic E-state index is 0.00977. The molecule has 0 bridgehead atoms. The van der Waals surface area contributed by atoms with E-state index in [-0.39, 0.29) is 15.5 Å². The van der Waals surface area contributed by atoms with Gasteiger partial charge >= 0.3 is 0 Å². The molecule has 0 spiro atoms. The van der Waals surface area contributed by atoms with Crippen molar-refractivity contribution in [2.24, 2.45) is 0 Å². The van der Waals surface area contributed by atoms with Gasteiger partial charge in [-0.15, -0.1) is 0 Å². The molecule has 0 aromatic heterocycles. The van der Waals surface area contributed by atoms with Crippen LogP contribution in [0.15, 0.2) is 58.3 Å². The average Bonchev–Trinajstić information content (AvgIpc) is 2.40. The molecule has 0 aliphatic heterocycles. The Balaban J connectivity index is 2.46. The van der Waals surface area contributed by atoms with Gasteiger partial charge in [-0.05, 0) is 18.2 Å². The van der Waals surface area contributed by atoms with E-state index in [1.165, 1.54) is 24.3 Å². The molecule has 5 nitrogen and oxygen atoms in total. The fraction of sp³-hybridized carbons (Fsp3) is 0. The summed E-state index contributed by atoms with van der Waals surface area (Å²) in [7, 11) is -3.66. The summed E-state index contributed by atoms with van der Waals surface area (Å²) in [5.74, 6) is 0. The van der Waals surface area contributed by atoms with Crippen LogP contribution >= 0.6 is 0 Å². The normalized spacial score (nSPS) is 11.1. The molecule has 18 heavy (non-hydrogen) atoms. The summed E-state index contributed by atoms with van der Waals surface area (Å²) in [5.41, 5.74) is -0.147. The van der Waals surface area contributed by atoms with E-state index in [1.54, 1.807) is 12.1 Å². The van der Waals surface area contributed by atoms with Crippen LogP contribution in [0, 0.1) is 16.2 Å². The van der Waals surface area contributed by atoms with E-state index in [4.69, 9.17) is 0 Å². The molecule has 0 amide bonds. The van der Waals surface area contributed by atoms with Gasteiger partial charge < -0.3 is 0 Å². The van der Waals surface area contributed by atoms with E-state index in [2.05, 4.69) is 6.07 Å². The van der Waals surface area contributed by atoms with Crippen molar-refractivity contribution in [1.29, 1.82) is 0 Å². The molecule has 0 unspecified atom stereocenters. The zero-order chi connectivity index (χ0) is 13.2. The Bertz CT molecular complexity index is 663. The molecule has 2 rings (SSSR count). The van der Waals surface area contributed by atoms with Crippen molar-refractivity contribution >= 4 is 15.5 Å². The smallest absolute Gasteiger partial charge is 0.258 e. The lowest BCUT2D eigenvalue weighted by atomic mass is 10.3. The molecule has 1 radical (unpaired) electrons. The van der Waals surface area contributed by atoms with Crippen LogP contribution in [0.2, 0.25) is 0 Å². The molecule has 0 atom stereocenters. The Morgan fingerprint density at radius 2 is 1.72 bits per heavy atom. The van der Waals surface area contributed by atoms with Crippen molar-refractivity contribution in [2.75, 3.05) is 0 Å². The second kappa shape index (κ2) is 4.58. The summed E-state index contributed by atoms with van der Waals surface area (Å²) in [6.45, 7) is 0. The third kappa shape index (κ3) is 2.23. The van der Waals surface area contributed by atoms with Gasteiger partial charge in [0.25, 0.3) is 5.69 Å². The maximum atomic E-state index is 12.1. The van der Waals surface area contributed by atoms with Gasteiger partial charge in [0.1, 0.15) is 0 Å². The highest BCUT2D eigenvalue weighted by molar-refractivity contribution is 7.91. The van der Waals surface area contributed by atoms with Crippen LogP contribution in [-0.2, 0) is 9.84 Å². The largest absolute Gasteiger partial charge is 0.269 e. The van der Waals surface area contributed by atoms with Gasteiger partial charge in [-0.1, -0.05) is 18.2 Å². The van der Waals surface area contributed by atoms with Gasteiger partial charge in [-0.25, -0.2) is 8.42 Å². The number of nitrogens with zero attached hydrogens (tertiary/aromatic N) is 1. The van der Waals surface area contributed by atoms with Gasteiger partial charge in [0.2, 0.25) is 9.84 Å². The predicted molar refractivity (Wildman–Crippen MR) is 63.8 cm³/mol. The zero-order valence-corrected chi connectivity index (χ0v) is 9.92. The number of hydrogen-bond acceptors (Lipinski definition) is 4. The van der Waals surface area contributed by atoms with Crippen LogP contribution in [0.3, 0.4) is 0 Å². The fourth-order valence-electron chi connectivity index (χ4n) is 1.42. The lowest BCUT2D eigenvalue weighted by molar-refractivity contribution is -0.384. The molecule has 0 fully saturated rings. The molecule has 0 aliphatic carbocycles. The maximum Gasteiger partial charge on any atom is 0.269 e. The molecule has 0 N–H and O–H groups in total. The third-order valence-electron chi connectivity index (χ3n) is 2.33. The van der Waals surface area contributed by atoms with E-state index in [9.17, 15) is 18.5 Å². The van der Waals surface area contributed by atoms with Crippen molar-refractivity contribution in [1.82, 2.24) is 0 Å². The average molecular weight is 262 g/mol. The lowest BCUT2D eigenvalue weighted by Gasteiger charge is -2.03. The first kappa shape index (κ1) is 12.3. The second-order valence-corrected chi connectivity index (χ2v) is 5.40. The maximum absolute atomic E-state index is 12.1. The monoisotopic (exact) mass is 262 g/mol. The first-order valence-corrected chi connectivity index (χ1v) is 6.46.